The molecule has 9 nitrogen and oxygen atoms in total. The number of nitrogens with one attached hydrogen (secondary N) is 2. The average Bonchev–Trinajstić information content (AvgIpc) is 2.60. The molecule has 138 valence electrons. The van der Waals surface area contributed by atoms with E-state index in [0.717, 1.165) is 18.2 Å². The number of carbonyl (C=O) groups is 1. The molecule has 0 spiro atoms. The van der Waals surface area contributed by atoms with Crippen LogP contribution in [0.2, 0.25) is 5.02 Å². The number of hydrogen-bond acceptors (Lipinski definition) is 6. The van der Waals surface area contributed by atoms with E-state index in [-0.39, 0.29) is 16.3 Å². The quantitative estimate of drug-likeness (QED) is 0.535. The fourth-order valence-electron chi connectivity index (χ4n) is 1.74. The molecule has 0 aliphatic rings. The number of nitrogens with zero attached hydrogens (tertiary/aromatic N) is 1. The SMILES string of the molecule is O=C(COc1ccccc1[N+](=O)[O-])NNS(=O)(=O)c1ccc(F)c(Cl)c1. The predicted molar refractivity (Wildman–Crippen MR) is 88.5 cm³/mol. The average molecular weight is 404 g/mol. The van der Waals surface area contributed by atoms with Crippen LogP contribution in [0.3, 0.4) is 0 Å². The van der Waals surface area contributed by atoms with Gasteiger partial charge >= 0.3 is 5.69 Å². The second kappa shape index (κ2) is 8.08. The van der Waals surface area contributed by atoms with Gasteiger partial charge in [-0.2, -0.15) is 0 Å². The summed E-state index contributed by atoms with van der Waals surface area (Å²) in [5.74, 6) is -1.87. The molecule has 0 fully saturated rings. The number of rotatable bonds is 7. The van der Waals surface area contributed by atoms with Crippen molar-refractivity contribution in [2.45, 2.75) is 4.90 Å². The maximum atomic E-state index is 13.1. The maximum Gasteiger partial charge on any atom is 0.310 e. The Kier molecular flexibility index (Phi) is 6.08. The van der Waals surface area contributed by atoms with Crippen molar-refractivity contribution in [2.75, 3.05) is 6.61 Å². The highest BCUT2D eigenvalue weighted by Crippen LogP contribution is 2.25. The van der Waals surface area contributed by atoms with Crippen molar-refractivity contribution in [3.05, 3.63) is 63.4 Å². The Morgan fingerprint density at radius 2 is 1.96 bits per heavy atom. The number of benzene rings is 2. The van der Waals surface area contributed by atoms with Gasteiger partial charge in [0.25, 0.3) is 15.9 Å². The summed E-state index contributed by atoms with van der Waals surface area (Å²) in [5, 5.41) is 10.4. The topological polar surface area (TPSA) is 128 Å². The van der Waals surface area contributed by atoms with Gasteiger partial charge in [-0.1, -0.05) is 23.7 Å². The first-order chi connectivity index (χ1) is 12.2. The molecule has 2 rings (SSSR count). The minimum absolute atomic E-state index is 0.152. The maximum absolute atomic E-state index is 13.1. The number of sulfonamides is 1. The third-order valence-electron chi connectivity index (χ3n) is 2.95. The summed E-state index contributed by atoms with van der Waals surface area (Å²) in [4.78, 5) is 23.2. The lowest BCUT2D eigenvalue weighted by atomic mass is 10.3. The largest absolute Gasteiger partial charge is 0.477 e. The molecule has 2 aromatic rings. The molecule has 0 bridgehead atoms. The van der Waals surface area contributed by atoms with Crippen LogP contribution in [0.15, 0.2) is 47.4 Å². The molecule has 2 N–H and O–H groups in total. The minimum atomic E-state index is -4.20. The van der Waals surface area contributed by atoms with Crippen LogP contribution in [0.4, 0.5) is 10.1 Å². The van der Waals surface area contributed by atoms with E-state index in [1.807, 2.05) is 5.43 Å². The van der Waals surface area contributed by atoms with Crippen molar-refractivity contribution in [3.63, 3.8) is 0 Å². The van der Waals surface area contributed by atoms with Gasteiger partial charge in [-0.15, -0.1) is 4.83 Å². The number of hydrogen-bond donors (Lipinski definition) is 2. The van der Waals surface area contributed by atoms with Crippen molar-refractivity contribution in [3.8, 4) is 5.75 Å². The minimum Gasteiger partial charge on any atom is -0.477 e. The first-order valence-electron chi connectivity index (χ1n) is 6.82. The van der Waals surface area contributed by atoms with Crippen LogP contribution in [0.5, 0.6) is 5.75 Å². The molecular weight excluding hydrogens is 393 g/mol. The van der Waals surface area contributed by atoms with E-state index in [1.165, 1.54) is 24.3 Å². The lowest BCUT2D eigenvalue weighted by Crippen LogP contribution is -2.43. The van der Waals surface area contributed by atoms with Crippen molar-refractivity contribution >= 4 is 33.2 Å². The van der Waals surface area contributed by atoms with Crippen LogP contribution < -0.4 is 15.0 Å². The number of amides is 1. The van der Waals surface area contributed by atoms with Gasteiger partial charge in [0.15, 0.2) is 12.4 Å². The number of hydrazine groups is 1. The Morgan fingerprint density at radius 1 is 1.27 bits per heavy atom. The monoisotopic (exact) mass is 403 g/mol. The fourth-order valence-corrected chi connectivity index (χ4v) is 2.87. The second-order valence-corrected chi connectivity index (χ2v) is 6.83. The summed E-state index contributed by atoms with van der Waals surface area (Å²) >= 11 is 5.51. The zero-order chi connectivity index (χ0) is 19.3. The molecule has 0 aliphatic carbocycles. The van der Waals surface area contributed by atoms with Crippen LogP contribution in [0.25, 0.3) is 0 Å². The molecule has 12 heteroatoms. The van der Waals surface area contributed by atoms with E-state index in [0.29, 0.717) is 0 Å². The highest BCUT2D eigenvalue weighted by atomic mass is 35.5. The zero-order valence-corrected chi connectivity index (χ0v) is 14.4. The number of nitro benzene ring substituents is 1. The Labute approximate surface area is 151 Å². The van der Waals surface area contributed by atoms with E-state index < -0.39 is 38.3 Å². The van der Waals surface area contributed by atoms with E-state index in [4.69, 9.17) is 16.3 Å². The predicted octanol–water partition coefficient (Wildman–Crippen LogP) is 1.78. The van der Waals surface area contributed by atoms with Gasteiger partial charge in [-0.05, 0) is 24.3 Å². The summed E-state index contributed by atoms with van der Waals surface area (Å²) in [5.41, 5.74) is 1.52. The van der Waals surface area contributed by atoms with Crippen LogP contribution in [-0.4, -0.2) is 25.9 Å². The molecule has 0 radical (unpaired) electrons. The summed E-state index contributed by atoms with van der Waals surface area (Å²) in [7, 11) is -4.20. The number of carbonyl (C=O) groups excluding carboxylic acids is 1. The lowest BCUT2D eigenvalue weighted by Gasteiger charge is -2.10. The third kappa shape index (κ3) is 4.88. The van der Waals surface area contributed by atoms with Crippen LogP contribution >= 0.6 is 11.6 Å². The Hall–Kier alpha value is -2.76. The van der Waals surface area contributed by atoms with Crippen LogP contribution in [0, 0.1) is 15.9 Å². The van der Waals surface area contributed by atoms with Gasteiger partial charge in [0.1, 0.15) is 5.82 Å². The molecule has 0 saturated heterocycles. The van der Waals surface area contributed by atoms with Crippen LogP contribution in [-0.2, 0) is 14.8 Å². The van der Waals surface area contributed by atoms with Crippen molar-refractivity contribution in [2.24, 2.45) is 0 Å². The number of nitro groups is 1. The molecule has 0 atom stereocenters. The third-order valence-corrected chi connectivity index (χ3v) is 4.48. The molecule has 0 saturated carbocycles. The first-order valence-corrected chi connectivity index (χ1v) is 8.69. The summed E-state index contributed by atoms with van der Waals surface area (Å²) in [6.07, 6.45) is 0. The zero-order valence-electron chi connectivity index (χ0n) is 12.8. The summed E-state index contributed by atoms with van der Waals surface area (Å²) in [6.45, 7) is -0.683. The Morgan fingerprint density at radius 3 is 2.62 bits per heavy atom. The van der Waals surface area contributed by atoms with Crippen LogP contribution in [0.1, 0.15) is 0 Å². The van der Waals surface area contributed by atoms with Gasteiger partial charge in [-0.3, -0.25) is 20.3 Å². The summed E-state index contributed by atoms with van der Waals surface area (Å²) < 4.78 is 42.0. The van der Waals surface area contributed by atoms with Crippen molar-refractivity contribution in [1.29, 1.82) is 0 Å². The van der Waals surface area contributed by atoms with E-state index >= 15 is 0 Å². The molecule has 0 aromatic heterocycles. The molecule has 26 heavy (non-hydrogen) atoms. The van der Waals surface area contributed by atoms with E-state index in [9.17, 15) is 27.7 Å². The molecule has 0 heterocycles. The van der Waals surface area contributed by atoms with Crippen molar-refractivity contribution < 1.29 is 27.3 Å². The number of para-hydroxylation sites is 2. The Bertz CT molecular complexity index is 953. The number of ether oxygens (including phenoxy) is 1. The smallest absolute Gasteiger partial charge is 0.310 e. The van der Waals surface area contributed by atoms with Gasteiger partial charge < -0.3 is 4.74 Å². The van der Waals surface area contributed by atoms with Gasteiger partial charge in [0, 0.05) is 6.07 Å². The summed E-state index contributed by atoms with van der Waals surface area (Å²) in [6, 6.07) is 8.06. The van der Waals surface area contributed by atoms with Crippen molar-refractivity contribution in [1.82, 2.24) is 10.3 Å². The second-order valence-electron chi connectivity index (χ2n) is 4.74. The molecule has 1 amide bonds. The molecule has 0 unspecified atom stereocenters. The highest BCUT2D eigenvalue weighted by Gasteiger charge is 2.18. The fraction of sp³-hybridized carbons (Fsp3) is 0.0714. The first kappa shape index (κ1) is 19.6. The lowest BCUT2D eigenvalue weighted by molar-refractivity contribution is -0.385. The number of halogens is 2. The standard InChI is InChI=1S/C14H11ClFN3O6S/c15-10-7-9(5-6-11(10)16)26(23,24)18-17-14(20)8-25-13-4-2-1-3-12(13)19(21)22/h1-7,18H,8H2,(H,17,20). The van der Waals surface area contributed by atoms with E-state index in [2.05, 4.69) is 0 Å². The highest BCUT2D eigenvalue weighted by molar-refractivity contribution is 7.89. The van der Waals surface area contributed by atoms with Gasteiger partial charge in [0.2, 0.25) is 0 Å². The molecule has 2 aromatic carbocycles. The Balaban J connectivity index is 1.96. The molecule has 0 aliphatic heterocycles. The van der Waals surface area contributed by atoms with E-state index in [1.54, 1.807) is 4.83 Å². The van der Waals surface area contributed by atoms with Gasteiger partial charge in [-0.25, -0.2) is 12.8 Å². The normalized spacial score (nSPS) is 11.0. The van der Waals surface area contributed by atoms with Gasteiger partial charge in [0.05, 0.1) is 14.8 Å². The molecular formula is C14H11ClFN3O6S.